The number of aromatic nitrogens is 6. The topological polar surface area (TPSA) is 154 Å². The molecular weight excluding hydrogens is 886 g/mol. The summed E-state index contributed by atoms with van der Waals surface area (Å²) < 4.78 is 39.1. The second kappa shape index (κ2) is 21.5. The van der Waals surface area contributed by atoms with Crippen LogP contribution in [-0.2, 0) is 11.8 Å². The number of likely N-dealkylation sites (tertiary alicyclic amines) is 1. The van der Waals surface area contributed by atoms with E-state index in [0.29, 0.717) is 60.2 Å². The maximum absolute atomic E-state index is 14.6. The minimum Gasteiger partial charge on any atom is -0.497 e. The summed E-state index contributed by atoms with van der Waals surface area (Å²) in [5, 5.41) is 11.3. The van der Waals surface area contributed by atoms with Gasteiger partial charge in [-0.05, 0) is 42.5 Å². The third-order valence-corrected chi connectivity index (χ3v) is 11.6. The Morgan fingerprint density at radius 3 is 2.33 bits per heavy atom. The first kappa shape index (κ1) is 47.2. The van der Waals surface area contributed by atoms with Gasteiger partial charge in [0.25, 0.3) is 0 Å². The Balaban J connectivity index is 0.000000196. The molecule has 1 amide bonds. The van der Waals surface area contributed by atoms with Crippen molar-refractivity contribution in [3.05, 3.63) is 114 Å². The molecule has 1 aliphatic heterocycles. The number of benzene rings is 4. The Hall–Kier alpha value is -6.75. The van der Waals surface area contributed by atoms with Crippen LogP contribution in [0.5, 0.6) is 23.0 Å². The molecule has 0 spiro atoms. The molecule has 2 N–H and O–H groups in total. The minimum absolute atomic E-state index is 0.0841. The van der Waals surface area contributed by atoms with E-state index in [1.165, 1.54) is 24.5 Å². The quantitative estimate of drug-likeness (QED) is 0.0742. The van der Waals surface area contributed by atoms with E-state index in [-0.39, 0.29) is 27.7 Å². The first-order valence-corrected chi connectivity index (χ1v) is 21.9. The molecule has 1 aliphatic rings. The van der Waals surface area contributed by atoms with Crippen molar-refractivity contribution >= 4 is 73.9 Å². The monoisotopic (exact) mass is 936 g/mol. The molecule has 1 fully saturated rings. The molecule has 1 saturated heterocycles. The lowest BCUT2D eigenvalue weighted by atomic mass is 10.1. The van der Waals surface area contributed by atoms with E-state index < -0.39 is 5.82 Å². The first-order chi connectivity index (χ1) is 31.9. The van der Waals surface area contributed by atoms with Crippen LogP contribution < -0.4 is 34.5 Å². The van der Waals surface area contributed by atoms with E-state index >= 15 is 0 Å². The molecule has 4 aromatic carbocycles. The van der Waals surface area contributed by atoms with Crippen molar-refractivity contribution < 1.29 is 28.1 Å². The molecular formula is C48H51Cl2FN10O5. The largest absolute Gasteiger partial charge is 0.497 e. The van der Waals surface area contributed by atoms with Crippen LogP contribution in [0, 0.1) is 5.82 Å². The summed E-state index contributed by atoms with van der Waals surface area (Å²) >= 11 is 11.8. The number of methoxy groups -OCH3 is 3. The Morgan fingerprint density at radius 2 is 1.67 bits per heavy atom. The number of nitrogens with zero attached hydrogens (tertiary/aromatic N) is 8. The highest BCUT2D eigenvalue weighted by molar-refractivity contribution is 6.42. The number of piperidine rings is 1. The molecule has 0 radical (unpaired) electrons. The second-order valence-electron chi connectivity index (χ2n) is 15.6. The Kier molecular flexibility index (Phi) is 15.4. The average molecular weight is 938 g/mol. The molecule has 0 aliphatic carbocycles. The summed E-state index contributed by atoms with van der Waals surface area (Å²) in [6.45, 7) is 10.6. The lowest BCUT2D eigenvalue weighted by Gasteiger charge is -2.31. The zero-order chi connectivity index (χ0) is 46.9. The molecule has 66 heavy (non-hydrogen) atoms. The number of carbonyl (C=O) groups is 1. The van der Waals surface area contributed by atoms with Gasteiger partial charge < -0.3 is 39.4 Å². The molecule has 7 aromatic rings. The third kappa shape index (κ3) is 11.2. The summed E-state index contributed by atoms with van der Waals surface area (Å²) in [5.41, 5.74) is 6.11. The van der Waals surface area contributed by atoms with E-state index in [9.17, 15) is 9.18 Å². The molecule has 344 valence electrons. The molecule has 3 aromatic heterocycles. The van der Waals surface area contributed by atoms with Crippen molar-refractivity contribution in [2.45, 2.75) is 38.8 Å². The molecule has 0 saturated carbocycles. The highest BCUT2D eigenvalue weighted by atomic mass is 35.5. The predicted octanol–water partition coefficient (Wildman–Crippen LogP) is 9.57. The SMILES string of the molecule is C=CC(=O)N1CCC(Oc2cc3c(Nc4ccc(Cl)c(Cl)c4F)ncnc3cc2OC)CC1.COc1cc(OC)cc(N(CCNC(C)C)c2ccc3ncc(-c4cnn(C)c4)nc3c2)c1. The van der Waals surface area contributed by atoms with Crippen LogP contribution in [0.15, 0.2) is 98.2 Å². The fourth-order valence-electron chi connectivity index (χ4n) is 7.35. The van der Waals surface area contributed by atoms with Crippen LogP contribution >= 0.6 is 23.2 Å². The van der Waals surface area contributed by atoms with Crippen LogP contribution in [0.1, 0.15) is 26.7 Å². The van der Waals surface area contributed by atoms with Gasteiger partial charge in [-0.25, -0.2) is 19.3 Å². The van der Waals surface area contributed by atoms with Gasteiger partial charge in [0.2, 0.25) is 5.91 Å². The van der Waals surface area contributed by atoms with E-state index in [2.05, 4.69) is 68.1 Å². The van der Waals surface area contributed by atoms with E-state index in [1.807, 2.05) is 37.5 Å². The van der Waals surface area contributed by atoms with Crippen molar-refractivity contribution in [2.24, 2.45) is 7.05 Å². The third-order valence-electron chi connectivity index (χ3n) is 10.8. The van der Waals surface area contributed by atoms with Crippen molar-refractivity contribution in [2.75, 3.05) is 57.7 Å². The number of carbonyl (C=O) groups excluding carboxylic acids is 1. The fourth-order valence-corrected chi connectivity index (χ4v) is 7.66. The Morgan fingerprint density at radius 1 is 0.909 bits per heavy atom. The number of aryl methyl sites for hydroxylation is 1. The van der Waals surface area contributed by atoms with E-state index in [0.717, 1.165) is 58.3 Å². The summed E-state index contributed by atoms with van der Waals surface area (Å²) in [6.07, 6.45) is 9.45. The molecule has 0 unspecified atom stereocenters. The Labute approximate surface area is 392 Å². The fraction of sp³-hybridized carbons (Fsp3) is 0.292. The Bertz CT molecular complexity index is 2820. The summed E-state index contributed by atoms with van der Waals surface area (Å²) in [7, 11) is 6.76. The van der Waals surface area contributed by atoms with Crippen molar-refractivity contribution in [3.8, 4) is 34.3 Å². The number of rotatable bonds is 15. The summed E-state index contributed by atoms with van der Waals surface area (Å²) in [5.74, 6) is 2.11. The number of anilines is 4. The summed E-state index contributed by atoms with van der Waals surface area (Å²) in [4.78, 5) is 33.8. The highest BCUT2D eigenvalue weighted by Crippen LogP contribution is 2.38. The predicted molar refractivity (Wildman–Crippen MR) is 258 cm³/mol. The number of hydrogen-bond acceptors (Lipinski definition) is 13. The minimum atomic E-state index is -0.679. The number of fused-ring (bicyclic) bond motifs is 2. The van der Waals surface area contributed by atoms with Gasteiger partial charge in [0, 0.05) is 105 Å². The smallest absolute Gasteiger partial charge is 0.245 e. The molecule has 0 bridgehead atoms. The second-order valence-corrected chi connectivity index (χ2v) is 16.4. The first-order valence-electron chi connectivity index (χ1n) is 21.2. The van der Waals surface area contributed by atoms with Gasteiger partial charge in [-0.1, -0.05) is 43.6 Å². The van der Waals surface area contributed by atoms with Gasteiger partial charge in [-0.15, -0.1) is 0 Å². The lowest BCUT2D eigenvalue weighted by molar-refractivity contribution is -0.127. The number of ether oxygens (including phenoxy) is 4. The molecule has 8 rings (SSSR count). The lowest BCUT2D eigenvalue weighted by Crippen LogP contribution is -2.41. The normalized spacial score (nSPS) is 12.7. The van der Waals surface area contributed by atoms with Gasteiger partial charge in [0.15, 0.2) is 17.3 Å². The van der Waals surface area contributed by atoms with Crippen molar-refractivity contribution in [1.82, 2.24) is 39.9 Å². The zero-order valence-corrected chi connectivity index (χ0v) is 39.0. The van der Waals surface area contributed by atoms with E-state index in [1.54, 1.807) is 55.4 Å². The van der Waals surface area contributed by atoms with Gasteiger partial charge >= 0.3 is 0 Å². The van der Waals surface area contributed by atoms with Crippen molar-refractivity contribution in [3.63, 3.8) is 0 Å². The van der Waals surface area contributed by atoms with Crippen LogP contribution in [-0.4, -0.2) is 100 Å². The van der Waals surface area contributed by atoms with Crippen LogP contribution in [0.25, 0.3) is 33.2 Å². The zero-order valence-electron chi connectivity index (χ0n) is 37.5. The number of halogens is 3. The maximum atomic E-state index is 14.6. The summed E-state index contributed by atoms with van der Waals surface area (Å²) in [6, 6.07) is 18.9. The molecule has 18 heteroatoms. The van der Waals surface area contributed by atoms with Gasteiger partial charge in [-0.2, -0.15) is 5.10 Å². The van der Waals surface area contributed by atoms with Crippen molar-refractivity contribution in [1.29, 1.82) is 0 Å². The highest BCUT2D eigenvalue weighted by Gasteiger charge is 2.25. The number of nitrogens with one attached hydrogen (secondary N) is 2. The average Bonchev–Trinajstić information content (AvgIpc) is 3.78. The number of amides is 1. The van der Waals surface area contributed by atoms with Gasteiger partial charge in [0.05, 0.1) is 71.7 Å². The molecule has 0 atom stereocenters. The van der Waals surface area contributed by atoms with Crippen LogP contribution in [0.4, 0.5) is 27.3 Å². The molecule has 4 heterocycles. The van der Waals surface area contributed by atoms with E-state index in [4.69, 9.17) is 47.1 Å². The van der Waals surface area contributed by atoms with Gasteiger partial charge in [-0.3, -0.25) is 14.5 Å². The van der Waals surface area contributed by atoms with Crippen LogP contribution in [0.2, 0.25) is 10.0 Å². The standard InChI is InChI=1S/C25H30N6O2.C23H21Cl2FN4O3/c1-17(2)26-8-9-31(20-10-21(32-4)13-22(11-20)33-5)19-6-7-23-24(12-19)29-25(15-27-23)18-14-28-30(3)16-18;1-3-20(31)30-8-6-13(7-9-30)33-19-10-14-17(11-18(19)32-2)27-12-28-23(14)29-16-5-4-15(24)21(25)22(16)26/h6-7,10-17,26H,8-9H2,1-5H3;3-5,10-13H,1,6-9H2,2H3,(H,27,28,29). The molecule has 15 nitrogen and oxygen atoms in total. The van der Waals surface area contributed by atoms with Gasteiger partial charge in [0.1, 0.15) is 29.7 Å². The number of hydrogen-bond donors (Lipinski definition) is 2. The van der Waals surface area contributed by atoms with Crippen LogP contribution in [0.3, 0.4) is 0 Å². The maximum Gasteiger partial charge on any atom is 0.245 e.